The number of rotatable bonds is 4. The maximum atomic E-state index is 5.98. The molecule has 1 heterocycles. The Balaban J connectivity index is 1.63. The van der Waals surface area contributed by atoms with Crippen LogP contribution < -0.4 is 5.32 Å². The highest BCUT2D eigenvalue weighted by Crippen LogP contribution is 2.27. The predicted octanol–water partition coefficient (Wildman–Crippen LogP) is 4.74. The lowest BCUT2D eigenvalue weighted by Crippen LogP contribution is -2.17. The lowest BCUT2D eigenvalue weighted by Gasteiger charge is -2.13. The van der Waals surface area contributed by atoms with Gasteiger partial charge in [-0.25, -0.2) is 0 Å². The minimum Gasteiger partial charge on any atom is -0.305 e. The molecule has 3 rings (SSSR count). The number of hydrogen-bond donors (Lipinski definition) is 1. The Morgan fingerprint density at radius 1 is 1.21 bits per heavy atom. The quantitative estimate of drug-likeness (QED) is 0.858. The van der Waals surface area contributed by atoms with Gasteiger partial charge in [0, 0.05) is 17.5 Å². The molecule has 0 spiro atoms. The second-order valence-electron chi connectivity index (χ2n) is 5.20. The van der Waals surface area contributed by atoms with E-state index in [-0.39, 0.29) is 0 Å². The van der Waals surface area contributed by atoms with Crippen LogP contribution >= 0.6 is 22.9 Å². The number of thiophene rings is 1. The first kappa shape index (κ1) is 13.2. The zero-order chi connectivity index (χ0) is 13.2. The summed E-state index contributed by atoms with van der Waals surface area (Å²) >= 11 is 7.63. The Hall–Kier alpha value is -0.830. The highest BCUT2D eigenvalue weighted by molar-refractivity contribution is 7.16. The van der Waals surface area contributed by atoms with Crippen molar-refractivity contribution in [3.8, 4) is 0 Å². The van der Waals surface area contributed by atoms with Crippen LogP contribution in [0.5, 0.6) is 0 Å². The molecule has 0 saturated carbocycles. The van der Waals surface area contributed by atoms with Crippen LogP contribution in [-0.2, 0) is 19.4 Å². The summed E-state index contributed by atoms with van der Waals surface area (Å²) < 4.78 is 0.862. The summed E-state index contributed by atoms with van der Waals surface area (Å²) in [5, 5.41) is 3.57. The molecule has 19 heavy (non-hydrogen) atoms. The van der Waals surface area contributed by atoms with Crippen LogP contribution in [0.15, 0.2) is 30.3 Å². The molecule has 0 radical (unpaired) electrons. The Morgan fingerprint density at radius 2 is 2.05 bits per heavy atom. The summed E-state index contributed by atoms with van der Waals surface area (Å²) in [5.74, 6) is 0. The molecule has 100 valence electrons. The third-order valence-electron chi connectivity index (χ3n) is 3.80. The smallest absolute Gasteiger partial charge is 0.0931 e. The molecule has 1 aromatic carbocycles. The van der Waals surface area contributed by atoms with E-state index >= 15 is 0 Å². The van der Waals surface area contributed by atoms with Gasteiger partial charge in [0.2, 0.25) is 0 Å². The van der Waals surface area contributed by atoms with E-state index in [9.17, 15) is 0 Å². The van der Waals surface area contributed by atoms with E-state index in [4.69, 9.17) is 11.6 Å². The average Bonchev–Trinajstić information content (AvgIpc) is 3.03. The highest BCUT2D eigenvalue weighted by atomic mass is 35.5. The van der Waals surface area contributed by atoms with Gasteiger partial charge in [0.15, 0.2) is 0 Å². The Bertz CT molecular complexity index is 576. The molecule has 1 aliphatic carbocycles. The van der Waals surface area contributed by atoms with E-state index < -0.39 is 0 Å². The Kier molecular flexibility index (Phi) is 3.92. The number of hydrogen-bond acceptors (Lipinski definition) is 2. The van der Waals surface area contributed by atoms with E-state index in [1.807, 2.05) is 6.07 Å². The van der Waals surface area contributed by atoms with Gasteiger partial charge >= 0.3 is 0 Å². The highest BCUT2D eigenvalue weighted by Gasteiger charge is 2.12. The molecule has 1 N–H and O–H groups in total. The van der Waals surface area contributed by atoms with E-state index in [1.165, 1.54) is 29.7 Å². The topological polar surface area (TPSA) is 12.0 Å². The first-order valence-corrected chi connectivity index (χ1v) is 8.01. The van der Waals surface area contributed by atoms with Crippen molar-refractivity contribution in [3.63, 3.8) is 0 Å². The maximum absolute atomic E-state index is 5.98. The van der Waals surface area contributed by atoms with Crippen LogP contribution in [-0.4, -0.2) is 0 Å². The monoisotopic (exact) mass is 291 g/mol. The van der Waals surface area contributed by atoms with Gasteiger partial charge in [-0.1, -0.05) is 29.8 Å². The fourth-order valence-corrected chi connectivity index (χ4v) is 3.76. The molecule has 1 unspecified atom stereocenters. The first-order chi connectivity index (χ1) is 9.22. The lowest BCUT2D eigenvalue weighted by molar-refractivity contribution is 0.582. The Labute approximate surface area is 123 Å². The van der Waals surface area contributed by atoms with Crippen LogP contribution in [0.1, 0.15) is 41.0 Å². The largest absolute Gasteiger partial charge is 0.305 e. The van der Waals surface area contributed by atoms with Gasteiger partial charge in [0.05, 0.1) is 4.34 Å². The maximum Gasteiger partial charge on any atom is 0.0931 e. The number of nitrogens with one attached hydrogen (secondary N) is 1. The molecule has 2 aromatic rings. The van der Waals surface area contributed by atoms with Gasteiger partial charge in [-0.3, -0.25) is 0 Å². The van der Waals surface area contributed by atoms with Gasteiger partial charge in [-0.05, 0) is 55.0 Å². The molecule has 1 nitrogen and oxygen atoms in total. The van der Waals surface area contributed by atoms with E-state index in [2.05, 4.69) is 36.5 Å². The minimum absolute atomic E-state index is 0.353. The number of aryl methyl sites for hydroxylation is 2. The molecule has 0 amide bonds. The van der Waals surface area contributed by atoms with Crippen molar-refractivity contribution < 1.29 is 0 Å². The zero-order valence-electron chi connectivity index (χ0n) is 11.1. The fourth-order valence-electron chi connectivity index (χ4n) is 2.67. The van der Waals surface area contributed by atoms with Crippen LogP contribution in [0.25, 0.3) is 0 Å². The van der Waals surface area contributed by atoms with Crippen molar-refractivity contribution in [2.24, 2.45) is 0 Å². The van der Waals surface area contributed by atoms with Crippen molar-refractivity contribution in [2.45, 2.75) is 38.8 Å². The molecular formula is C16H18ClNS. The van der Waals surface area contributed by atoms with Gasteiger partial charge in [-0.2, -0.15) is 0 Å². The van der Waals surface area contributed by atoms with Crippen molar-refractivity contribution in [2.75, 3.05) is 0 Å². The molecular weight excluding hydrogens is 274 g/mol. The molecule has 0 aliphatic heterocycles. The van der Waals surface area contributed by atoms with Crippen LogP contribution in [0.2, 0.25) is 4.34 Å². The zero-order valence-corrected chi connectivity index (χ0v) is 12.7. The molecule has 3 heteroatoms. The standard InChI is InChI=1S/C16H18ClNS/c1-11(15-7-8-16(17)19-15)18-10-12-5-6-13-3-2-4-14(13)9-12/h5-9,11,18H,2-4,10H2,1H3. The van der Waals surface area contributed by atoms with E-state index in [1.54, 1.807) is 22.5 Å². The summed E-state index contributed by atoms with van der Waals surface area (Å²) in [7, 11) is 0. The average molecular weight is 292 g/mol. The first-order valence-electron chi connectivity index (χ1n) is 6.81. The summed E-state index contributed by atoms with van der Waals surface area (Å²) in [6, 6.07) is 11.3. The van der Waals surface area contributed by atoms with Gasteiger partial charge < -0.3 is 5.32 Å². The SMILES string of the molecule is CC(NCc1ccc2c(c1)CCC2)c1ccc(Cl)s1. The third-order valence-corrected chi connectivity index (χ3v) is 5.21. The van der Waals surface area contributed by atoms with Crippen LogP contribution in [0, 0.1) is 0 Å². The minimum atomic E-state index is 0.353. The Morgan fingerprint density at radius 3 is 2.84 bits per heavy atom. The van der Waals surface area contributed by atoms with Gasteiger partial charge in [0.25, 0.3) is 0 Å². The summed E-state index contributed by atoms with van der Waals surface area (Å²) in [4.78, 5) is 1.30. The van der Waals surface area contributed by atoms with Crippen LogP contribution in [0.3, 0.4) is 0 Å². The second-order valence-corrected chi connectivity index (χ2v) is 6.95. The second kappa shape index (κ2) is 5.66. The summed E-state index contributed by atoms with van der Waals surface area (Å²) in [5.41, 5.74) is 4.48. The van der Waals surface area contributed by atoms with E-state index in [0.29, 0.717) is 6.04 Å². The lowest BCUT2D eigenvalue weighted by atomic mass is 10.1. The normalized spacial score (nSPS) is 15.5. The fraction of sp³-hybridized carbons (Fsp3) is 0.375. The third kappa shape index (κ3) is 3.02. The van der Waals surface area contributed by atoms with Gasteiger partial charge in [0.1, 0.15) is 0 Å². The molecule has 1 atom stereocenters. The van der Waals surface area contributed by atoms with Gasteiger partial charge in [-0.15, -0.1) is 11.3 Å². The summed E-state index contributed by atoms with van der Waals surface area (Å²) in [6.45, 7) is 3.11. The molecule has 0 fully saturated rings. The van der Waals surface area contributed by atoms with E-state index in [0.717, 1.165) is 10.9 Å². The van der Waals surface area contributed by atoms with Crippen molar-refractivity contribution in [3.05, 3.63) is 56.2 Å². The van der Waals surface area contributed by atoms with Crippen molar-refractivity contribution in [1.29, 1.82) is 0 Å². The van der Waals surface area contributed by atoms with Crippen LogP contribution in [0.4, 0.5) is 0 Å². The molecule has 0 bridgehead atoms. The van der Waals surface area contributed by atoms with Crippen molar-refractivity contribution in [1.82, 2.24) is 5.32 Å². The number of halogens is 1. The molecule has 1 aromatic heterocycles. The molecule has 1 aliphatic rings. The number of benzene rings is 1. The van der Waals surface area contributed by atoms with Crippen molar-refractivity contribution >= 4 is 22.9 Å². The summed E-state index contributed by atoms with van der Waals surface area (Å²) in [6.07, 6.45) is 3.82. The molecule has 0 saturated heterocycles. The number of fused-ring (bicyclic) bond motifs is 1. The predicted molar refractivity (Wildman–Crippen MR) is 83.1 cm³/mol.